The van der Waals surface area contributed by atoms with Crippen LogP contribution < -0.4 is 5.32 Å². The van der Waals surface area contributed by atoms with E-state index in [9.17, 15) is 19.7 Å². The van der Waals surface area contributed by atoms with Gasteiger partial charge in [-0.3, -0.25) is 19.7 Å². The molecule has 1 aliphatic heterocycles. The first-order valence-electron chi connectivity index (χ1n) is 10.5. The lowest BCUT2D eigenvalue weighted by molar-refractivity contribution is -0.384. The van der Waals surface area contributed by atoms with Crippen LogP contribution in [-0.2, 0) is 16.0 Å². The van der Waals surface area contributed by atoms with E-state index in [1.165, 1.54) is 12.1 Å². The van der Waals surface area contributed by atoms with Crippen LogP contribution in [0.1, 0.15) is 63.6 Å². The molecule has 1 aliphatic rings. The molecular formula is C22H32N4O5. The summed E-state index contributed by atoms with van der Waals surface area (Å²) in [5.74, 6) is 0.813. The number of rotatable bonds is 6. The summed E-state index contributed by atoms with van der Waals surface area (Å²) in [6.45, 7) is 10.6. The molecular weight excluding hydrogens is 400 g/mol. The Labute approximate surface area is 182 Å². The van der Waals surface area contributed by atoms with E-state index in [1.54, 1.807) is 19.1 Å². The highest BCUT2D eigenvalue weighted by atomic mass is 16.6. The van der Waals surface area contributed by atoms with Crippen molar-refractivity contribution in [1.82, 2.24) is 15.4 Å². The Hall–Kier alpha value is -3.23. The maximum absolute atomic E-state index is 11.9. The SMILES string of the molecule is CC.CC(NC=O)c1ccc([N+](=O)[O-])cc1.Cc1cc(CC(=O)N2CCCC2C)on1. The summed E-state index contributed by atoms with van der Waals surface area (Å²) < 4.78 is 5.03. The summed E-state index contributed by atoms with van der Waals surface area (Å²) in [5, 5.41) is 16.7. The molecule has 1 aromatic heterocycles. The minimum atomic E-state index is -0.457. The van der Waals surface area contributed by atoms with Gasteiger partial charge in [0.25, 0.3) is 5.69 Å². The van der Waals surface area contributed by atoms with Gasteiger partial charge in [0.2, 0.25) is 12.3 Å². The van der Waals surface area contributed by atoms with Gasteiger partial charge in [-0.05, 0) is 39.2 Å². The lowest BCUT2D eigenvalue weighted by Gasteiger charge is -2.20. The Bertz CT molecular complexity index is 835. The summed E-state index contributed by atoms with van der Waals surface area (Å²) in [4.78, 5) is 33.8. The van der Waals surface area contributed by atoms with Crippen molar-refractivity contribution in [2.24, 2.45) is 0 Å². The van der Waals surface area contributed by atoms with E-state index in [0.717, 1.165) is 30.6 Å². The Morgan fingerprint density at radius 3 is 2.48 bits per heavy atom. The van der Waals surface area contributed by atoms with Crippen molar-refractivity contribution < 1.29 is 19.0 Å². The molecule has 1 aromatic carbocycles. The highest BCUT2D eigenvalue weighted by Gasteiger charge is 2.25. The van der Waals surface area contributed by atoms with Crippen molar-refractivity contribution in [2.45, 2.75) is 66.0 Å². The number of likely N-dealkylation sites (tertiary alicyclic amines) is 1. The number of aromatic nitrogens is 1. The number of nitro benzene ring substituents is 1. The van der Waals surface area contributed by atoms with Crippen LogP contribution in [0.3, 0.4) is 0 Å². The number of hydrogen-bond donors (Lipinski definition) is 1. The van der Waals surface area contributed by atoms with Crippen molar-refractivity contribution in [1.29, 1.82) is 0 Å². The first-order valence-corrected chi connectivity index (χ1v) is 10.5. The van der Waals surface area contributed by atoms with Gasteiger partial charge >= 0.3 is 0 Å². The first-order chi connectivity index (χ1) is 14.8. The number of carbonyl (C=O) groups is 2. The monoisotopic (exact) mass is 432 g/mol. The molecule has 31 heavy (non-hydrogen) atoms. The van der Waals surface area contributed by atoms with Crippen LogP contribution >= 0.6 is 0 Å². The van der Waals surface area contributed by atoms with Gasteiger partial charge in [0.15, 0.2) is 0 Å². The fourth-order valence-electron chi connectivity index (χ4n) is 3.14. The quantitative estimate of drug-likeness (QED) is 0.419. The standard InChI is InChI=1S/C11H16N2O2.C9H10N2O3.C2H6/c1-8-6-10(15-12-8)7-11(14)13-5-3-4-9(13)2;1-7(10-6-12)8-2-4-9(5-3-8)11(13)14;1-2/h6,9H,3-5,7H2,1-2H3;2-7H,1H3,(H,10,12);1-2H3. The van der Waals surface area contributed by atoms with Crippen molar-refractivity contribution in [2.75, 3.05) is 6.54 Å². The number of nitrogens with one attached hydrogen (secondary N) is 1. The van der Waals surface area contributed by atoms with Gasteiger partial charge < -0.3 is 14.7 Å². The van der Waals surface area contributed by atoms with E-state index in [1.807, 2.05) is 31.7 Å². The molecule has 2 aromatic rings. The number of carbonyl (C=O) groups excluding carboxylic acids is 2. The normalized spacial score (nSPS) is 15.6. The zero-order valence-corrected chi connectivity index (χ0v) is 18.8. The predicted octanol–water partition coefficient (Wildman–Crippen LogP) is 3.96. The molecule has 9 heteroatoms. The second-order valence-electron chi connectivity index (χ2n) is 7.04. The van der Waals surface area contributed by atoms with Crippen molar-refractivity contribution in [3.8, 4) is 0 Å². The molecule has 1 fully saturated rings. The van der Waals surface area contributed by atoms with Crippen LogP contribution in [0.15, 0.2) is 34.9 Å². The number of aryl methyl sites for hydroxylation is 1. The Morgan fingerprint density at radius 1 is 1.39 bits per heavy atom. The molecule has 1 saturated heterocycles. The van der Waals surface area contributed by atoms with Gasteiger partial charge in [-0.15, -0.1) is 0 Å². The van der Waals surface area contributed by atoms with Crippen LogP contribution in [0.2, 0.25) is 0 Å². The summed E-state index contributed by atoms with van der Waals surface area (Å²) in [6, 6.07) is 8.14. The van der Waals surface area contributed by atoms with Gasteiger partial charge in [0.1, 0.15) is 5.76 Å². The van der Waals surface area contributed by atoms with E-state index < -0.39 is 4.92 Å². The smallest absolute Gasteiger partial charge is 0.269 e. The van der Waals surface area contributed by atoms with Gasteiger partial charge in [-0.25, -0.2) is 0 Å². The Morgan fingerprint density at radius 2 is 2.03 bits per heavy atom. The molecule has 0 saturated carbocycles. The average molecular weight is 433 g/mol. The van der Waals surface area contributed by atoms with Crippen LogP contribution in [0.5, 0.6) is 0 Å². The zero-order chi connectivity index (χ0) is 23.4. The first kappa shape index (κ1) is 25.8. The average Bonchev–Trinajstić information content (AvgIpc) is 3.38. The molecule has 2 heterocycles. The van der Waals surface area contributed by atoms with E-state index in [-0.39, 0.29) is 17.6 Å². The van der Waals surface area contributed by atoms with Crippen molar-refractivity contribution in [3.63, 3.8) is 0 Å². The molecule has 0 radical (unpaired) electrons. The maximum Gasteiger partial charge on any atom is 0.269 e. The van der Waals surface area contributed by atoms with Gasteiger partial charge in [-0.2, -0.15) is 0 Å². The molecule has 0 spiro atoms. The van der Waals surface area contributed by atoms with E-state index >= 15 is 0 Å². The van der Waals surface area contributed by atoms with Gasteiger partial charge in [0.05, 0.1) is 23.1 Å². The number of nitro groups is 1. The fourth-order valence-corrected chi connectivity index (χ4v) is 3.14. The van der Waals surface area contributed by atoms with Crippen LogP contribution in [-0.4, -0.2) is 39.9 Å². The lowest BCUT2D eigenvalue weighted by Crippen LogP contribution is -2.34. The largest absolute Gasteiger partial charge is 0.361 e. The minimum absolute atomic E-state index is 0.0482. The van der Waals surface area contributed by atoms with Crippen molar-refractivity contribution >= 4 is 18.0 Å². The van der Waals surface area contributed by atoms with Crippen LogP contribution in [0.4, 0.5) is 5.69 Å². The second kappa shape index (κ2) is 13.1. The third kappa shape index (κ3) is 8.19. The highest BCUT2D eigenvalue weighted by molar-refractivity contribution is 5.78. The lowest BCUT2D eigenvalue weighted by atomic mass is 10.1. The summed E-state index contributed by atoms with van der Waals surface area (Å²) >= 11 is 0. The van der Waals surface area contributed by atoms with Crippen LogP contribution in [0, 0.1) is 17.0 Å². The molecule has 0 bridgehead atoms. The Kier molecular flexibility index (Phi) is 10.9. The van der Waals surface area contributed by atoms with Crippen molar-refractivity contribution in [3.05, 3.63) is 57.5 Å². The van der Waals surface area contributed by atoms with E-state index in [2.05, 4.69) is 17.4 Å². The molecule has 2 unspecified atom stereocenters. The third-order valence-electron chi connectivity index (χ3n) is 4.80. The van der Waals surface area contributed by atoms with E-state index in [0.29, 0.717) is 24.6 Å². The topological polar surface area (TPSA) is 119 Å². The molecule has 0 aliphatic carbocycles. The zero-order valence-electron chi connectivity index (χ0n) is 18.8. The second-order valence-corrected chi connectivity index (χ2v) is 7.04. The number of benzene rings is 1. The predicted molar refractivity (Wildman–Crippen MR) is 117 cm³/mol. The molecule has 9 nitrogen and oxygen atoms in total. The molecule has 3 rings (SSSR count). The van der Waals surface area contributed by atoms with Gasteiger partial charge in [0, 0.05) is 30.8 Å². The molecule has 1 N–H and O–H groups in total. The number of amides is 2. The number of non-ortho nitro benzene ring substituents is 1. The number of nitrogens with zero attached hydrogens (tertiary/aromatic N) is 3. The maximum atomic E-state index is 11.9. The Balaban J connectivity index is 0.000000288. The molecule has 170 valence electrons. The fraction of sp³-hybridized carbons (Fsp3) is 0.500. The van der Waals surface area contributed by atoms with Gasteiger partial charge in [-0.1, -0.05) is 31.1 Å². The molecule has 2 atom stereocenters. The molecule has 2 amide bonds. The minimum Gasteiger partial charge on any atom is -0.361 e. The summed E-state index contributed by atoms with van der Waals surface area (Å²) in [6.07, 6.45) is 3.17. The van der Waals surface area contributed by atoms with Crippen LogP contribution in [0.25, 0.3) is 0 Å². The summed E-state index contributed by atoms with van der Waals surface area (Å²) in [7, 11) is 0. The third-order valence-corrected chi connectivity index (χ3v) is 4.80. The van der Waals surface area contributed by atoms with E-state index in [4.69, 9.17) is 4.52 Å². The number of hydrogen-bond acceptors (Lipinski definition) is 6. The summed E-state index contributed by atoms with van der Waals surface area (Å²) in [5.41, 5.74) is 1.71. The highest BCUT2D eigenvalue weighted by Crippen LogP contribution is 2.18.